The van der Waals surface area contributed by atoms with Gasteiger partial charge in [-0.2, -0.15) is 0 Å². The zero-order valence-corrected chi connectivity index (χ0v) is 43.1. The largest absolute Gasteiger partial charge is 0.457 e. The van der Waals surface area contributed by atoms with Gasteiger partial charge in [-0.1, -0.05) is 193 Å². The van der Waals surface area contributed by atoms with Crippen LogP contribution in [0.25, 0.3) is 5.57 Å². The SMILES string of the molecule is C=CCOC(=O)C(N1C(=O)[C@H](C(C)C)[C@H]1CC(=O)c1ccc(CNC=O)cc1)=P(c1ccccc1)(c1ccccc1)c1ccccc1.C=CCOC(=O)C1=C(c2ccc(CNC=O)cc2)C[C@@H]2[C@@H](C(C)C)C(=O)N12. The van der Waals surface area contributed by atoms with Crippen molar-refractivity contribution in [3.8, 4) is 0 Å². The average molecular weight is 1020 g/mol. The molecule has 0 unspecified atom stereocenters. The fraction of sp³-hybridized carbons (Fsp3) is 0.267. The summed E-state index contributed by atoms with van der Waals surface area (Å²) >= 11 is 0. The summed E-state index contributed by atoms with van der Waals surface area (Å²) in [4.78, 5) is 92.5. The van der Waals surface area contributed by atoms with Crippen molar-refractivity contribution in [3.05, 3.63) is 193 Å². The predicted molar refractivity (Wildman–Crippen MR) is 290 cm³/mol. The molecule has 0 spiro atoms. The van der Waals surface area contributed by atoms with Crippen molar-refractivity contribution in [2.45, 2.75) is 65.7 Å². The van der Waals surface area contributed by atoms with Crippen LogP contribution in [0.5, 0.6) is 0 Å². The van der Waals surface area contributed by atoms with Crippen molar-refractivity contribution < 1.29 is 43.0 Å². The molecule has 382 valence electrons. The molecular weight excluding hydrogens is 952 g/mol. The summed E-state index contributed by atoms with van der Waals surface area (Å²) in [6, 6.07) is 43.5. The number of hydrogen-bond donors (Lipinski definition) is 2. The van der Waals surface area contributed by atoms with Crippen LogP contribution in [0.3, 0.4) is 0 Å². The number of carbonyl (C=O) groups is 7. The van der Waals surface area contributed by atoms with Crippen LogP contribution in [0.1, 0.15) is 67.6 Å². The molecule has 0 aliphatic carbocycles. The van der Waals surface area contributed by atoms with Gasteiger partial charge >= 0.3 is 11.9 Å². The van der Waals surface area contributed by atoms with Gasteiger partial charge in [0.25, 0.3) is 0 Å². The summed E-state index contributed by atoms with van der Waals surface area (Å²) in [7, 11) is 0. The first kappa shape index (κ1) is 53.9. The Hall–Kier alpha value is -7.89. The molecular formula is C60H63N4O9P. The first-order valence-electron chi connectivity index (χ1n) is 24.8. The summed E-state index contributed by atoms with van der Waals surface area (Å²) in [5.41, 5.74) is 4.63. The van der Waals surface area contributed by atoms with Gasteiger partial charge in [-0.05, 0) is 56.4 Å². The molecule has 0 saturated carbocycles. The second-order valence-corrected chi connectivity index (χ2v) is 22.2. The lowest BCUT2D eigenvalue weighted by molar-refractivity contribution is -0.158. The number of esters is 2. The third-order valence-corrected chi connectivity index (χ3v) is 17.9. The zero-order valence-electron chi connectivity index (χ0n) is 42.2. The van der Waals surface area contributed by atoms with E-state index >= 15 is 0 Å². The van der Waals surface area contributed by atoms with Crippen molar-refractivity contribution in [1.82, 2.24) is 20.4 Å². The van der Waals surface area contributed by atoms with E-state index in [-0.39, 0.29) is 66.4 Å². The van der Waals surface area contributed by atoms with E-state index in [1.165, 1.54) is 12.2 Å². The Bertz CT molecular complexity index is 2850. The summed E-state index contributed by atoms with van der Waals surface area (Å²) < 4.78 is 11.1. The number of ether oxygens (including phenoxy) is 2. The minimum Gasteiger partial charge on any atom is -0.457 e. The van der Waals surface area contributed by atoms with Crippen LogP contribution in [-0.4, -0.2) is 82.9 Å². The molecule has 74 heavy (non-hydrogen) atoms. The molecule has 5 aromatic rings. The second kappa shape index (κ2) is 24.7. The monoisotopic (exact) mass is 1010 g/mol. The second-order valence-electron chi connectivity index (χ2n) is 18.9. The Morgan fingerprint density at radius 1 is 0.649 bits per heavy atom. The summed E-state index contributed by atoms with van der Waals surface area (Å²) in [6.07, 6.45) is 4.96. The van der Waals surface area contributed by atoms with Gasteiger partial charge in [-0.15, -0.1) is 0 Å². The predicted octanol–water partition coefficient (Wildman–Crippen LogP) is 7.10. The number of ketones is 1. The first-order chi connectivity index (χ1) is 35.8. The van der Waals surface area contributed by atoms with E-state index in [0.717, 1.165) is 38.2 Å². The minimum absolute atomic E-state index is 0.00943. The third kappa shape index (κ3) is 11.0. The van der Waals surface area contributed by atoms with Crippen LogP contribution in [0.4, 0.5) is 0 Å². The van der Waals surface area contributed by atoms with Gasteiger partial charge in [-0.3, -0.25) is 24.0 Å². The van der Waals surface area contributed by atoms with E-state index in [1.54, 1.807) is 34.1 Å². The third-order valence-electron chi connectivity index (χ3n) is 13.7. The minimum atomic E-state index is -3.08. The number of Topliss-reactive ketones (excluding diaryl/α,β-unsaturated/α-hetero) is 1. The van der Waals surface area contributed by atoms with Crippen LogP contribution in [-0.2, 0) is 51.3 Å². The number of likely N-dealkylation sites (tertiary alicyclic amines) is 1. The smallest absolute Gasteiger partial charge is 0.356 e. The molecule has 5 aromatic carbocycles. The Labute approximate surface area is 433 Å². The maximum atomic E-state index is 14.6. The van der Waals surface area contributed by atoms with Crippen molar-refractivity contribution in [1.29, 1.82) is 0 Å². The number of carbonyl (C=O) groups excluding carboxylic acids is 7. The van der Waals surface area contributed by atoms with Gasteiger partial charge < -0.3 is 29.9 Å². The van der Waals surface area contributed by atoms with Crippen molar-refractivity contribution in [3.63, 3.8) is 0 Å². The van der Waals surface area contributed by atoms with E-state index in [1.807, 2.05) is 143 Å². The molecule has 13 nitrogen and oxygen atoms in total. The number of amides is 4. The lowest BCUT2D eigenvalue weighted by Crippen LogP contribution is -2.67. The molecule has 14 heteroatoms. The summed E-state index contributed by atoms with van der Waals surface area (Å²) in [5, 5.41) is 7.90. The molecule has 2 saturated heterocycles. The Morgan fingerprint density at radius 2 is 1.12 bits per heavy atom. The molecule has 0 aromatic heterocycles. The average Bonchev–Trinajstić information content (AvgIpc) is 3.77. The fourth-order valence-corrected chi connectivity index (χ4v) is 14.7. The molecule has 4 amide bonds. The number of hydrogen-bond acceptors (Lipinski definition) is 9. The maximum absolute atomic E-state index is 14.6. The number of benzene rings is 5. The zero-order chi connectivity index (χ0) is 52.9. The standard InChI is InChI=1S/C39H39N2O5P.C21H24N2O4/c1-4-24-46-39(45)38(47(31-14-8-5-9-15-31,32-16-10-6-11-17-32)33-18-12-7-13-19-33)41-34(36(28(2)3)37(41)44)25-35(43)30-22-20-29(21-23-30)26-40-27-42;1-4-9-27-21(26)19-16(10-17-18(13(2)3)20(25)23(17)19)15-7-5-14(6-8-15)11-22-12-24/h4-23,27-28,34,36H,1,24-26H2,2-3H3,(H,40,42);4-8,12-13,17-18H,1,9-11H2,2-3H3,(H,22,24)/t34-,36-;17-,18-/m11/s1. The van der Waals surface area contributed by atoms with E-state index in [9.17, 15) is 33.6 Å². The summed E-state index contributed by atoms with van der Waals surface area (Å²) in [5.74, 6) is -1.85. The van der Waals surface area contributed by atoms with Crippen LogP contribution >= 0.6 is 6.89 Å². The highest BCUT2D eigenvalue weighted by Crippen LogP contribution is 2.51. The van der Waals surface area contributed by atoms with Crippen LogP contribution < -0.4 is 26.5 Å². The van der Waals surface area contributed by atoms with Gasteiger partial charge in [0.05, 0.1) is 23.9 Å². The van der Waals surface area contributed by atoms with Gasteiger partial charge in [0.1, 0.15) is 24.3 Å². The Kier molecular flexibility index (Phi) is 18.0. The highest BCUT2D eigenvalue weighted by Gasteiger charge is 2.57. The Balaban J connectivity index is 0.000000251. The quantitative estimate of drug-likeness (QED) is 0.0184. The first-order valence-corrected chi connectivity index (χ1v) is 26.6. The number of nitrogens with zero attached hydrogens (tertiary/aromatic N) is 2. The van der Waals surface area contributed by atoms with Crippen LogP contribution in [0, 0.1) is 23.7 Å². The molecule has 3 aliphatic heterocycles. The number of nitrogens with one attached hydrogen (secondary N) is 2. The molecule has 2 N–H and O–H groups in total. The molecule has 0 bridgehead atoms. The highest BCUT2D eigenvalue weighted by atomic mass is 31.2. The van der Waals surface area contributed by atoms with Gasteiger partial charge in [0.2, 0.25) is 24.6 Å². The van der Waals surface area contributed by atoms with Crippen LogP contribution in [0.15, 0.2) is 171 Å². The van der Waals surface area contributed by atoms with E-state index in [2.05, 4.69) is 23.8 Å². The molecule has 2 fully saturated rings. The van der Waals surface area contributed by atoms with E-state index < -0.39 is 30.8 Å². The number of rotatable bonds is 22. The van der Waals surface area contributed by atoms with Crippen LogP contribution in [0.2, 0.25) is 0 Å². The van der Waals surface area contributed by atoms with Gasteiger partial charge in [0.15, 0.2) is 5.78 Å². The molecule has 3 heterocycles. The normalized spacial score (nSPS) is 17.7. The Morgan fingerprint density at radius 3 is 1.58 bits per heavy atom. The van der Waals surface area contributed by atoms with Crippen molar-refractivity contribution >= 4 is 76.1 Å². The molecule has 0 radical (unpaired) electrons. The van der Waals surface area contributed by atoms with Crippen molar-refractivity contribution in [2.75, 3.05) is 13.2 Å². The van der Waals surface area contributed by atoms with E-state index in [0.29, 0.717) is 43.6 Å². The lowest BCUT2D eigenvalue weighted by atomic mass is 9.76. The fourth-order valence-electron chi connectivity index (χ4n) is 10.3. The van der Waals surface area contributed by atoms with Crippen molar-refractivity contribution in [2.24, 2.45) is 23.7 Å². The molecule has 4 atom stereocenters. The van der Waals surface area contributed by atoms with E-state index in [4.69, 9.17) is 9.47 Å². The highest BCUT2D eigenvalue weighted by molar-refractivity contribution is 7.96. The van der Waals surface area contributed by atoms with Gasteiger partial charge in [0, 0.05) is 32.0 Å². The van der Waals surface area contributed by atoms with Gasteiger partial charge in [-0.25, -0.2) is 9.59 Å². The number of β-lactam (4-membered cyclic amide) rings is 2. The lowest BCUT2D eigenvalue weighted by Gasteiger charge is -2.51. The summed E-state index contributed by atoms with van der Waals surface area (Å²) in [6.45, 7) is 13.1. The number of fused-ring (bicyclic) bond motifs is 1. The molecule has 3 aliphatic rings. The molecule has 8 rings (SSSR count). The topological polar surface area (TPSA) is 168 Å². The maximum Gasteiger partial charge on any atom is 0.356 e.